The summed E-state index contributed by atoms with van der Waals surface area (Å²) in [5.74, 6) is 0. The average Bonchev–Trinajstić information content (AvgIpc) is 2.65. The van der Waals surface area contributed by atoms with Crippen molar-refractivity contribution in [2.45, 2.75) is 32.2 Å². The highest BCUT2D eigenvalue weighted by Crippen LogP contribution is 2.28. The molecule has 1 aliphatic rings. The van der Waals surface area contributed by atoms with Crippen molar-refractivity contribution in [3.8, 4) is 0 Å². The van der Waals surface area contributed by atoms with Gasteiger partial charge in [-0.25, -0.2) is 0 Å². The molecule has 1 saturated heterocycles. The number of halogens is 1. The molecule has 1 aliphatic heterocycles. The van der Waals surface area contributed by atoms with E-state index in [-0.39, 0.29) is 0 Å². The van der Waals surface area contributed by atoms with Crippen LogP contribution in [0.15, 0.2) is 22.9 Å². The Morgan fingerprint density at radius 2 is 2.43 bits per heavy atom. The maximum absolute atomic E-state index is 4.21. The molecule has 0 radical (unpaired) electrons. The molecular weight excluding hydrogens is 240 g/mol. The van der Waals surface area contributed by atoms with E-state index in [0.717, 1.165) is 4.47 Å². The highest BCUT2D eigenvalue weighted by molar-refractivity contribution is 9.10. The Labute approximate surface area is 93.5 Å². The summed E-state index contributed by atoms with van der Waals surface area (Å²) in [5, 5.41) is 0. The summed E-state index contributed by atoms with van der Waals surface area (Å²) in [6, 6.07) is 2.87. The van der Waals surface area contributed by atoms with Crippen molar-refractivity contribution in [1.29, 1.82) is 0 Å². The molecule has 3 heteroatoms. The van der Waals surface area contributed by atoms with Gasteiger partial charge in [-0.1, -0.05) is 6.92 Å². The summed E-state index contributed by atoms with van der Waals surface area (Å²) in [6.45, 7) is 3.44. The zero-order chi connectivity index (χ0) is 9.97. The summed E-state index contributed by atoms with van der Waals surface area (Å²) in [6.07, 6.45) is 7.65. The van der Waals surface area contributed by atoms with Crippen LogP contribution in [0, 0.1) is 0 Å². The van der Waals surface area contributed by atoms with Crippen molar-refractivity contribution in [3.05, 3.63) is 22.9 Å². The first kappa shape index (κ1) is 9.97. The molecule has 0 bridgehead atoms. The molecule has 1 aromatic heterocycles. The van der Waals surface area contributed by atoms with Gasteiger partial charge in [0.25, 0.3) is 0 Å². The van der Waals surface area contributed by atoms with Gasteiger partial charge in [-0.05, 0) is 41.3 Å². The van der Waals surface area contributed by atoms with Crippen LogP contribution in [0.1, 0.15) is 26.2 Å². The molecule has 0 N–H and O–H groups in total. The van der Waals surface area contributed by atoms with Crippen LogP contribution in [0.25, 0.3) is 0 Å². The first-order valence-corrected chi connectivity index (χ1v) is 5.97. The van der Waals surface area contributed by atoms with Gasteiger partial charge in [0, 0.05) is 23.3 Å². The molecule has 1 unspecified atom stereocenters. The van der Waals surface area contributed by atoms with Gasteiger partial charge in [-0.2, -0.15) is 0 Å². The van der Waals surface area contributed by atoms with Crippen LogP contribution in [0.5, 0.6) is 0 Å². The fourth-order valence-corrected chi connectivity index (χ4v) is 2.51. The fourth-order valence-electron chi connectivity index (χ4n) is 2.16. The van der Waals surface area contributed by atoms with E-state index in [1.165, 1.54) is 31.5 Å². The topological polar surface area (TPSA) is 16.1 Å². The van der Waals surface area contributed by atoms with Crippen LogP contribution in [0.4, 0.5) is 5.69 Å². The number of hydrogen-bond donors (Lipinski definition) is 0. The van der Waals surface area contributed by atoms with Crippen molar-refractivity contribution in [1.82, 2.24) is 4.98 Å². The third kappa shape index (κ3) is 1.92. The molecule has 0 aliphatic carbocycles. The second kappa shape index (κ2) is 4.30. The smallest absolute Gasteiger partial charge is 0.0566 e. The largest absolute Gasteiger partial charge is 0.367 e. The van der Waals surface area contributed by atoms with E-state index in [4.69, 9.17) is 0 Å². The summed E-state index contributed by atoms with van der Waals surface area (Å²) in [7, 11) is 0. The normalized spacial score (nSPS) is 21.6. The van der Waals surface area contributed by atoms with Crippen molar-refractivity contribution in [2.24, 2.45) is 0 Å². The standard InChI is InChI=1S/C11H15BrN2/c1-2-10-4-3-5-14(10)11-6-9(12)7-13-8-11/h6-8,10H,2-5H2,1H3. The Morgan fingerprint density at radius 1 is 1.57 bits per heavy atom. The Morgan fingerprint density at radius 3 is 3.14 bits per heavy atom. The summed E-state index contributed by atoms with van der Waals surface area (Å²) in [5.41, 5.74) is 1.25. The van der Waals surface area contributed by atoms with E-state index in [1.807, 2.05) is 12.4 Å². The molecule has 2 nitrogen and oxygen atoms in total. The zero-order valence-electron chi connectivity index (χ0n) is 8.41. The average molecular weight is 255 g/mol. The van der Waals surface area contributed by atoms with Crippen LogP contribution < -0.4 is 4.90 Å². The minimum absolute atomic E-state index is 0.714. The van der Waals surface area contributed by atoms with Gasteiger partial charge in [0.2, 0.25) is 0 Å². The first-order chi connectivity index (χ1) is 6.81. The molecule has 14 heavy (non-hydrogen) atoms. The predicted molar refractivity (Wildman–Crippen MR) is 62.6 cm³/mol. The third-order valence-corrected chi connectivity index (χ3v) is 3.30. The van der Waals surface area contributed by atoms with Crippen LogP contribution >= 0.6 is 15.9 Å². The fraction of sp³-hybridized carbons (Fsp3) is 0.545. The van der Waals surface area contributed by atoms with E-state index >= 15 is 0 Å². The summed E-state index contributed by atoms with van der Waals surface area (Å²) < 4.78 is 1.07. The van der Waals surface area contributed by atoms with Gasteiger partial charge in [0.1, 0.15) is 0 Å². The molecule has 0 amide bonds. The summed E-state index contributed by atoms with van der Waals surface area (Å²) in [4.78, 5) is 6.68. The lowest BCUT2D eigenvalue weighted by Gasteiger charge is -2.25. The van der Waals surface area contributed by atoms with E-state index in [0.29, 0.717) is 6.04 Å². The van der Waals surface area contributed by atoms with Gasteiger partial charge >= 0.3 is 0 Å². The molecule has 1 aromatic rings. The van der Waals surface area contributed by atoms with Crippen molar-refractivity contribution >= 4 is 21.6 Å². The number of aromatic nitrogens is 1. The van der Waals surface area contributed by atoms with E-state index < -0.39 is 0 Å². The quantitative estimate of drug-likeness (QED) is 0.806. The Balaban J connectivity index is 2.21. The minimum Gasteiger partial charge on any atom is -0.367 e. The maximum Gasteiger partial charge on any atom is 0.0566 e. The molecule has 0 saturated carbocycles. The molecule has 1 atom stereocenters. The molecule has 76 valence electrons. The summed E-state index contributed by atoms with van der Waals surface area (Å²) >= 11 is 3.46. The molecule has 0 spiro atoms. The Kier molecular flexibility index (Phi) is 3.06. The molecule has 2 heterocycles. The van der Waals surface area contributed by atoms with Crippen LogP contribution in [0.2, 0.25) is 0 Å². The number of pyridine rings is 1. The lowest BCUT2D eigenvalue weighted by atomic mass is 10.1. The van der Waals surface area contributed by atoms with Gasteiger partial charge in [0.05, 0.1) is 11.9 Å². The second-order valence-corrected chi connectivity index (χ2v) is 4.67. The first-order valence-electron chi connectivity index (χ1n) is 5.18. The van der Waals surface area contributed by atoms with Gasteiger partial charge < -0.3 is 4.90 Å². The maximum atomic E-state index is 4.21. The Bertz CT molecular complexity index is 314. The zero-order valence-corrected chi connectivity index (χ0v) is 10.00. The van der Waals surface area contributed by atoms with Crippen LogP contribution in [-0.4, -0.2) is 17.6 Å². The van der Waals surface area contributed by atoms with E-state index in [2.05, 4.69) is 38.8 Å². The predicted octanol–water partition coefficient (Wildman–Crippen LogP) is 3.22. The lowest BCUT2D eigenvalue weighted by molar-refractivity contribution is 0.645. The minimum atomic E-state index is 0.714. The Hall–Kier alpha value is -0.570. The highest BCUT2D eigenvalue weighted by atomic mass is 79.9. The lowest BCUT2D eigenvalue weighted by Crippen LogP contribution is -2.28. The van der Waals surface area contributed by atoms with Crippen molar-refractivity contribution in [3.63, 3.8) is 0 Å². The van der Waals surface area contributed by atoms with Crippen molar-refractivity contribution in [2.75, 3.05) is 11.4 Å². The number of rotatable bonds is 2. The van der Waals surface area contributed by atoms with E-state index in [1.54, 1.807) is 0 Å². The third-order valence-electron chi connectivity index (χ3n) is 2.87. The molecule has 0 aromatic carbocycles. The monoisotopic (exact) mass is 254 g/mol. The SMILES string of the molecule is CCC1CCCN1c1cncc(Br)c1. The molecular formula is C11H15BrN2. The number of hydrogen-bond acceptors (Lipinski definition) is 2. The number of nitrogens with zero attached hydrogens (tertiary/aromatic N) is 2. The second-order valence-electron chi connectivity index (χ2n) is 3.76. The van der Waals surface area contributed by atoms with Crippen LogP contribution in [-0.2, 0) is 0 Å². The van der Waals surface area contributed by atoms with Crippen LogP contribution in [0.3, 0.4) is 0 Å². The van der Waals surface area contributed by atoms with E-state index in [9.17, 15) is 0 Å². The van der Waals surface area contributed by atoms with Gasteiger partial charge in [-0.3, -0.25) is 4.98 Å². The van der Waals surface area contributed by atoms with Gasteiger partial charge in [0.15, 0.2) is 0 Å². The molecule has 1 fully saturated rings. The highest BCUT2D eigenvalue weighted by Gasteiger charge is 2.23. The van der Waals surface area contributed by atoms with Gasteiger partial charge in [-0.15, -0.1) is 0 Å². The molecule has 2 rings (SSSR count). The number of anilines is 1. The van der Waals surface area contributed by atoms with Crippen molar-refractivity contribution < 1.29 is 0 Å².